The first-order chi connectivity index (χ1) is 17.6. The van der Waals surface area contributed by atoms with Crippen molar-refractivity contribution in [3.63, 3.8) is 0 Å². The van der Waals surface area contributed by atoms with Gasteiger partial charge in [-0.05, 0) is 50.6 Å². The Hall–Kier alpha value is -2.88. The fraction of sp³-hybridized carbons (Fsp3) is 0.571. The molecule has 0 bridgehead atoms. The van der Waals surface area contributed by atoms with Crippen LogP contribution in [0.1, 0.15) is 39.2 Å². The number of hydrogen-bond acceptors (Lipinski definition) is 8. The second-order valence-electron chi connectivity index (χ2n) is 11.0. The van der Waals surface area contributed by atoms with Crippen LogP contribution in [0.25, 0.3) is 0 Å². The summed E-state index contributed by atoms with van der Waals surface area (Å²) in [6.07, 6.45) is 0.538. The van der Waals surface area contributed by atoms with Gasteiger partial charge in [0.15, 0.2) is 23.4 Å². The average Bonchev–Trinajstić information content (AvgIpc) is 3.41. The maximum absolute atomic E-state index is 13.3. The van der Waals surface area contributed by atoms with Crippen LogP contribution in [0.5, 0.6) is 11.5 Å². The molecule has 3 saturated heterocycles. The molecule has 4 atom stereocenters. The van der Waals surface area contributed by atoms with Crippen LogP contribution < -0.4 is 14.4 Å². The summed E-state index contributed by atoms with van der Waals surface area (Å²) >= 11 is 0. The van der Waals surface area contributed by atoms with Crippen LogP contribution in [-0.2, 0) is 14.3 Å². The second kappa shape index (κ2) is 9.78. The molecule has 3 fully saturated rings. The van der Waals surface area contributed by atoms with Crippen molar-refractivity contribution in [1.82, 2.24) is 9.88 Å². The van der Waals surface area contributed by atoms with Gasteiger partial charge in [0.25, 0.3) is 5.91 Å². The molecule has 3 aliphatic heterocycles. The van der Waals surface area contributed by atoms with E-state index in [-0.39, 0.29) is 24.5 Å². The molecule has 4 heterocycles. The van der Waals surface area contributed by atoms with Crippen LogP contribution in [0, 0.1) is 5.41 Å². The van der Waals surface area contributed by atoms with E-state index in [0.29, 0.717) is 24.6 Å². The van der Waals surface area contributed by atoms with Crippen LogP contribution >= 0.6 is 0 Å². The second-order valence-corrected chi connectivity index (χ2v) is 11.0. The SMILES string of the molecule is COc1ccc([C@H]2CN(C(=O)[C@@H]3COC(C)(C)O3)C[C@@]2(C)[C@@H](C)O)cc1OC1CN(c2ccccn2)C1. The van der Waals surface area contributed by atoms with Crippen molar-refractivity contribution in [3.05, 3.63) is 48.2 Å². The standard InChI is InChI=1S/C28H37N3O6/c1-18(32)28(4)17-31(26(33)24-16-35-27(2,3)37-24)15-21(28)19-9-10-22(34-5)23(12-19)36-20-13-30(14-20)25-8-6-7-11-29-25/h6-12,18,20-21,24,32H,13-17H2,1-5H3/t18-,21-,24+,28+/m1/s1. The number of carbonyl (C=O) groups excluding carboxylic acids is 1. The molecule has 1 aromatic carbocycles. The molecule has 5 rings (SSSR count). The first-order valence-electron chi connectivity index (χ1n) is 12.9. The van der Waals surface area contributed by atoms with Gasteiger partial charge >= 0.3 is 0 Å². The van der Waals surface area contributed by atoms with Gasteiger partial charge in [-0.2, -0.15) is 0 Å². The molecule has 1 N–H and O–H groups in total. The van der Waals surface area contributed by atoms with Gasteiger partial charge in [-0.25, -0.2) is 4.98 Å². The lowest BCUT2D eigenvalue weighted by atomic mass is 9.72. The zero-order valence-electron chi connectivity index (χ0n) is 22.2. The van der Waals surface area contributed by atoms with Gasteiger partial charge in [-0.3, -0.25) is 4.79 Å². The summed E-state index contributed by atoms with van der Waals surface area (Å²) in [5.74, 6) is 1.29. The molecule has 37 heavy (non-hydrogen) atoms. The number of methoxy groups -OCH3 is 1. The number of carbonyl (C=O) groups is 1. The Bertz CT molecular complexity index is 1120. The summed E-state index contributed by atoms with van der Waals surface area (Å²) in [5.41, 5.74) is 0.460. The minimum Gasteiger partial charge on any atom is -0.493 e. The zero-order chi connectivity index (χ0) is 26.4. The molecule has 2 aromatic rings. The predicted molar refractivity (Wildman–Crippen MR) is 138 cm³/mol. The first-order valence-corrected chi connectivity index (χ1v) is 12.9. The summed E-state index contributed by atoms with van der Waals surface area (Å²) in [5, 5.41) is 10.8. The van der Waals surface area contributed by atoms with Crippen molar-refractivity contribution in [1.29, 1.82) is 0 Å². The van der Waals surface area contributed by atoms with Crippen LogP contribution in [0.15, 0.2) is 42.6 Å². The lowest BCUT2D eigenvalue weighted by Gasteiger charge is -2.40. The number of aromatic nitrogens is 1. The van der Waals surface area contributed by atoms with Gasteiger partial charge in [0.1, 0.15) is 11.9 Å². The van der Waals surface area contributed by atoms with Gasteiger partial charge in [0.05, 0.1) is 32.9 Å². The Morgan fingerprint density at radius 1 is 1.16 bits per heavy atom. The van der Waals surface area contributed by atoms with Gasteiger partial charge in [0.2, 0.25) is 0 Å². The average molecular weight is 512 g/mol. The Labute approximate surface area is 218 Å². The molecule has 0 spiro atoms. The number of aliphatic hydroxyl groups is 1. The van der Waals surface area contributed by atoms with E-state index >= 15 is 0 Å². The fourth-order valence-electron chi connectivity index (χ4n) is 5.53. The highest BCUT2D eigenvalue weighted by atomic mass is 16.7. The minimum absolute atomic E-state index is 0.0128. The highest BCUT2D eigenvalue weighted by Crippen LogP contribution is 2.47. The summed E-state index contributed by atoms with van der Waals surface area (Å²) in [7, 11) is 1.63. The highest BCUT2D eigenvalue weighted by molar-refractivity contribution is 5.82. The van der Waals surface area contributed by atoms with Crippen molar-refractivity contribution < 1.29 is 28.8 Å². The number of nitrogens with zero attached hydrogens (tertiary/aromatic N) is 3. The molecule has 0 saturated carbocycles. The van der Waals surface area contributed by atoms with E-state index < -0.39 is 23.4 Å². The van der Waals surface area contributed by atoms with Crippen LogP contribution in [0.3, 0.4) is 0 Å². The topological polar surface area (TPSA) is 93.6 Å². The number of amides is 1. The highest BCUT2D eigenvalue weighted by Gasteiger charge is 2.50. The molecule has 9 heteroatoms. The molecule has 0 aliphatic carbocycles. The van der Waals surface area contributed by atoms with E-state index in [1.165, 1.54) is 0 Å². The Kier molecular flexibility index (Phi) is 6.81. The van der Waals surface area contributed by atoms with E-state index in [0.717, 1.165) is 24.5 Å². The summed E-state index contributed by atoms with van der Waals surface area (Å²) in [4.78, 5) is 21.7. The smallest absolute Gasteiger partial charge is 0.254 e. The lowest BCUT2D eigenvalue weighted by Crippen LogP contribution is -2.54. The summed E-state index contributed by atoms with van der Waals surface area (Å²) in [6, 6.07) is 11.8. The van der Waals surface area contributed by atoms with Gasteiger partial charge in [-0.1, -0.05) is 19.1 Å². The van der Waals surface area contributed by atoms with Crippen LogP contribution in [0.2, 0.25) is 0 Å². The number of hydrogen-bond donors (Lipinski definition) is 1. The van der Waals surface area contributed by atoms with E-state index in [1.54, 1.807) is 25.1 Å². The van der Waals surface area contributed by atoms with Gasteiger partial charge in [0, 0.05) is 30.6 Å². The maximum atomic E-state index is 13.3. The number of pyridine rings is 1. The predicted octanol–water partition coefficient (Wildman–Crippen LogP) is 2.82. The van der Waals surface area contributed by atoms with Crippen molar-refractivity contribution in [3.8, 4) is 11.5 Å². The molecule has 9 nitrogen and oxygen atoms in total. The number of benzene rings is 1. The van der Waals surface area contributed by atoms with E-state index in [2.05, 4.69) is 9.88 Å². The molecule has 0 unspecified atom stereocenters. The quantitative estimate of drug-likeness (QED) is 0.607. The molecule has 1 amide bonds. The molecule has 0 radical (unpaired) electrons. The fourth-order valence-corrected chi connectivity index (χ4v) is 5.53. The van der Waals surface area contributed by atoms with Crippen LogP contribution in [0.4, 0.5) is 5.82 Å². The maximum Gasteiger partial charge on any atom is 0.254 e. The summed E-state index contributed by atoms with van der Waals surface area (Å²) in [6.45, 7) is 10.1. The normalized spacial score (nSPS) is 28.2. The van der Waals surface area contributed by atoms with E-state index in [4.69, 9.17) is 18.9 Å². The van der Waals surface area contributed by atoms with E-state index in [9.17, 15) is 9.90 Å². The third-order valence-electron chi connectivity index (χ3n) is 7.99. The van der Waals surface area contributed by atoms with Gasteiger partial charge < -0.3 is 33.9 Å². The number of anilines is 1. The molecular weight excluding hydrogens is 474 g/mol. The Morgan fingerprint density at radius 2 is 1.95 bits per heavy atom. The third kappa shape index (κ3) is 5.00. The van der Waals surface area contributed by atoms with Crippen molar-refractivity contribution in [2.24, 2.45) is 5.41 Å². The third-order valence-corrected chi connectivity index (χ3v) is 7.99. The lowest BCUT2D eigenvalue weighted by molar-refractivity contribution is -0.159. The van der Waals surface area contributed by atoms with Crippen molar-refractivity contribution >= 4 is 11.7 Å². The van der Waals surface area contributed by atoms with Crippen molar-refractivity contribution in [2.75, 3.05) is 44.8 Å². The largest absolute Gasteiger partial charge is 0.493 e. The minimum atomic E-state index is -0.775. The summed E-state index contributed by atoms with van der Waals surface area (Å²) < 4.78 is 23.4. The number of rotatable bonds is 7. The Morgan fingerprint density at radius 3 is 2.57 bits per heavy atom. The first kappa shape index (κ1) is 25.8. The number of ether oxygens (including phenoxy) is 4. The monoisotopic (exact) mass is 511 g/mol. The van der Waals surface area contributed by atoms with Gasteiger partial charge in [-0.15, -0.1) is 0 Å². The number of likely N-dealkylation sites (tertiary alicyclic amines) is 1. The molecular formula is C28H37N3O6. The molecule has 200 valence electrons. The Balaban J connectivity index is 1.33. The zero-order valence-corrected chi connectivity index (χ0v) is 22.2. The molecule has 1 aromatic heterocycles. The van der Waals surface area contributed by atoms with Crippen molar-refractivity contribution in [2.45, 2.75) is 57.7 Å². The number of aliphatic hydroxyl groups excluding tert-OH is 1. The van der Waals surface area contributed by atoms with Crippen LogP contribution in [-0.4, -0.2) is 84.9 Å². The molecule has 3 aliphatic rings. The van der Waals surface area contributed by atoms with E-state index in [1.807, 2.05) is 57.2 Å².